The highest BCUT2D eigenvalue weighted by Crippen LogP contribution is 2.34. The maximum Gasteiger partial charge on any atom is 0.394 e. The first-order chi connectivity index (χ1) is 5.04. The highest BCUT2D eigenvalue weighted by Gasteiger charge is 2.44. The van der Waals surface area contributed by atoms with Gasteiger partial charge in [0.25, 0.3) is 0 Å². The maximum atomic E-state index is 11.9. The van der Waals surface area contributed by atoms with Gasteiger partial charge in [0, 0.05) is 6.54 Å². The minimum Gasteiger partial charge on any atom is -0.376 e. The maximum absolute atomic E-state index is 11.9. The van der Waals surface area contributed by atoms with E-state index in [1.54, 1.807) is 0 Å². The SMILES string of the molecule is NCC1CC(C(F)(F)F)CO1. The molecule has 0 bridgehead atoms. The molecule has 0 aromatic carbocycles. The zero-order valence-corrected chi connectivity index (χ0v) is 5.90. The number of alkyl halides is 3. The average molecular weight is 169 g/mol. The molecule has 66 valence electrons. The molecule has 2 unspecified atom stereocenters. The first-order valence-electron chi connectivity index (χ1n) is 3.42. The van der Waals surface area contributed by atoms with Crippen molar-refractivity contribution in [3.8, 4) is 0 Å². The first kappa shape index (κ1) is 8.80. The van der Waals surface area contributed by atoms with Crippen molar-refractivity contribution in [3.63, 3.8) is 0 Å². The molecule has 1 heterocycles. The zero-order chi connectivity index (χ0) is 8.48. The minimum atomic E-state index is -4.12. The number of hydrogen-bond donors (Lipinski definition) is 1. The van der Waals surface area contributed by atoms with Crippen LogP contribution in [0.15, 0.2) is 0 Å². The van der Waals surface area contributed by atoms with E-state index >= 15 is 0 Å². The number of rotatable bonds is 1. The van der Waals surface area contributed by atoms with Crippen molar-refractivity contribution in [3.05, 3.63) is 0 Å². The Kier molecular flexibility index (Phi) is 2.39. The van der Waals surface area contributed by atoms with Crippen molar-refractivity contribution in [2.45, 2.75) is 18.7 Å². The highest BCUT2D eigenvalue weighted by molar-refractivity contribution is 4.78. The number of hydrogen-bond acceptors (Lipinski definition) is 2. The lowest BCUT2D eigenvalue weighted by molar-refractivity contribution is -0.173. The Morgan fingerprint density at radius 2 is 2.09 bits per heavy atom. The van der Waals surface area contributed by atoms with Crippen LogP contribution < -0.4 is 5.73 Å². The van der Waals surface area contributed by atoms with Crippen molar-refractivity contribution in [1.29, 1.82) is 0 Å². The van der Waals surface area contributed by atoms with E-state index < -0.39 is 18.2 Å². The molecule has 1 rings (SSSR count). The summed E-state index contributed by atoms with van der Waals surface area (Å²) in [4.78, 5) is 0. The normalized spacial score (nSPS) is 32.7. The van der Waals surface area contributed by atoms with Crippen molar-refractivity contribution in [2.24, 2.45) is 11.7 Å². The Hall–Kier alpha value is -0.290. The second-order valence-electron chi connectivity index (χ2n) is 2.67. The van der Waals surface area contributed by atoms with Crippen molar-refractivity contribution >= 4 is 0 Å². The predicted octanol–water partition coefficient (Wildman–Crippen LogP) is 0.912. The van der Waals surface area contributed by atoms with Gasteiger partial charge in [0.05, 0.1) is 18.6 Å². The Morgan fingerprint density at radius 3 is 2.36 bits per heavy atom. The minimum absolute atomic E-state index is 0.0139. The Morgan fingerprint density at radius 1 is 1.45 bits per heavy atom. The molecule has 2 N–H and O–H groups in total. The molecule has 1 aliphatic rings. The molecule has 11 heavy (non-hydrogen) atoms. The lowest BCUT2D eigenvalue weighted by Crippen LogP contribution is -2.24. The van der Waals surface area contributed by atoms with E-state index in [1.807, 2.05) is 0 Å². The molecule has 1 aliphatic heterocycles. The van der Waals surface area contributed by atoms with E-state index in [0.29, 0.717) is 0 Å². The largest absolute Gasteiger partial charge is 0.394 e. The van der Waals surface area contributed by atoms with Crippen LogP contribution in [-0.4, -0.2) is 25.4 Å². The summed E-state index contributed by atoms with van der Waals surface area (Å²) in [5.41, 5.74) is 5.15. The molecule has 5 heteroatoms. The molecule has 0 saturated carbocycles. The Balaban J connectivity index is 2.42. The molecule has 0 aliphatic carbocycles. The molecule has 1 fully saturated rings. The first-order valence-corrected chi connectivity index (χ1v) is 3.42. The molecule has 0 aromatic heterocycles. The monoisotopic (exact) mass is 169 g/mol. The third-order valence-corrected chi connectivity index (χ3v) is 1.81. The summed E-state index contributed by atoms with van der Waals surface area (Å²) in [6, 6.07) is 0. The van der Waals surface area contributed by atoms with Crippen molar-refractivity contribution in [1.82, 2.24) is 0 Å². The summed E-state index contributed by atoms with van der Waals surface area (Å²) >= 11 is 0. The third kappa shape index (κ3) is 2.07. The van der Waals surface area contributed by atoms with Crippen molar-refractivity contribution in [2.75, 3.05) is 13.2 Å². The van der Waals surface area contributed by atoms with Gasteiger partial charge in [-0.25, -0.2) is 0 Å². The quantitative estimate of drug-likeness (QED) is 0.633. The lowest BCUT2D eigenvalue weighted by Gasteiger charge is -2.11. The smallest absolute Gasteiger partial charge is 0.376 e. The fourth-order valence-electron chi connectivity index (χ4n) is 1.10. The summed E-state index contributed by atoms with van der Waals surface area (Å²) in [6.45, 7) is -0.0576. The Bertz CT molecular complexity index is 136. The van der Waals surface area contributed by atoms with Gasteiger partial charge in [-0.05, 0) is 6.42 Å². The standard InChI is InChI=1S/C6H10F3NO/c7-6(8,9)4-1-5(2-10)11-3-4/h4-5H,1-3,10H2. The highest BCUT2D eigenvalue weighted by atomic mass is 19.4. The summed E-state index contributed by atoms with van der Waals surface area (Å²) in [5, 5.41) is 0. The molecule has 1 saturated heterocycles. The third-order valence-electron chi connectivity index (χ3n) is 1.81. The van der Waals surface area contributed by atoms with Crippen LogP contribution in [-0.2, 0) is 4.74 Å². The molecule has 0 amide bonds. The second kappa shape index (κ2) is 2.98. The average Bonchev–Trinajstić information content (AvgIpc) is 2.32. The fourth-order valence-corrected chi connectivity index (χ4v) is 1.10. The Labute approximate surface area is 62.5 Å². The van der Waals surface area contributed by atoms with E-state index in [2.05, 4.69) is 0 Å². The summed E-state index contributed by atoms with van der Waals surface area (Å²) in [7, 11) is 0. The number of ether oxygens (including phenoxy) is 1. The zero-order valence-electron chi connectivity index (χ0n) is 5.90. The molecule has 2 atom stereocenters. The van der Waals surface area contributed by atoms with E-state index in [1.165, 1.54) is 0 Å². The predicted molar refractivity (Wildman–Crippen MR) is 33.0 cm³/mol. The van der Waals surface area contributed by atoms with Gasteiger partial charge in [0.2, 0.25) is 0 Å². The van der Waals surface area contributed by atoms with Gasteiger partial charge in [0.15, 0.2) is 0 Å². The van der Waals surface area contributed by atoms with Crippen LogP contribution in [0.5, 0.6) is 0 Å². The summed E-state index contributed by atoms with van der Waals surface area (Å²) in [5.74, 6) is -1.31. The van der Waals surface area contributed by atoms with Gasteiger partial charge in [-0.3, -0.25) is 0 Å². The van der Waals surface area contributed by atoms with E-state index in [9.17, 15) is 13.2 Å². The fraction of sp³-hybridized carbons (Fsp3) is 1.00. The molecule has 2 nitrogen and oxygen atoms in total. The van der Waals surface area contributed by atoms with Crippen LogP contribution in [0.25, 0.3) is 0 Å². The summed E-state index contributed by atoms with van der Waals surface area (Å²) < 4.78 is 40.6. The number of nitrogens with two attached hydrogens (primary N) is 1. The van der Waals surface area contributed by atoms with E-state index in [-0.39, 0.29) is 19.6 Å². The van der Waals surface area contributed by atoms with Gasteiger partial charge >= 0.3 is 6.18 Å². The second-order valence-corrected chi connectivity index (χ2v) is 2.67. The van der Waals surface area contributed by atoms with Crippen LogP contribution in [0, 0.1) is 5.92 Å². The van der Waals surface area contributed by atoms with Crippen LogP contribution >= 0.6 is 0 Å². The summed E-state index contributed by atoms with van der Waals surface area (Å²) in [6.07, 6.45) is -4.51. The van der Waals surface area contributed by atoms with Gasteiger partial charge < -0.3 is 10.5 Å². The molecular weight excluding hydrogens is 159 g/mol. The molecular formula is C6H10F3NO. The van der Waals surface area contributed by atoms with Crippen LogP contribution in [0.1, 0.15) is 6.42 Å². The lowest BCUT2D eigenvalue weighted by atomic mass is 10.1. The number of halogens is 3. The molecule has 0 aromatic rings. The molecule has 0 spiro atoms. The van der Waals surface area contributed by atoms with Gasteiger partial charge in [0.1, 0.15) is 0 Å². The van der Waals surface area contributed by atoms with Crippen LogP contribution in [0.4, 0.5) is 13.2 Å². The topological polar surface area (TPSA) is 35.2 Å². The van der Waals surface area contributed by atoms with Crippen LogP contribution in [0.3, 0.4) is 0 Å². The van der Waals surface area contributed by atoms with Crippen molar-refractivity contribution < 1.29 is 17.9 Å². The molecule has 0 radical (unpaired) electrons. The van der Waals surface area contributed by atoms with E-state index in [0.717, 1.165) is 0 Å². The van der Waals surface area contributed by atoms with Crippen LogP contribution in [0.2, 0.25) is 0 Å². The van der Waals surface area contributed by atoms with E-state index in [4.69, 9.17) is 10.5 Å². The van der Waals surface area contributed by atoms with Gasteiger partial charge in [-0.15, -0.1) is 0 Å². The van der Waals surface area contributed by atoms with Gasteiger partial charge in [-0.1, -0.05) is 0 Å². The van der Waals surface area contributed by atoms with Gasteiger partial charge in [-0.2, -0.15) is 13.2 Å².